The van der Waals surface area contributed by atoms with Gasteiger partial charge in [-0.1, -0.05) is 78.9 Å². The minimum Gasteiger partial charge on any atom is -0.309 e. The van der Waals surface area contributed by atoms with Gasteiger partial charge in [0.2, 0.25) is 10.0 Å². The number of rotatable bonds is 8. The molecular formula is C29H34N2O2S. The molecule has 2 fully saturated rings. The number of benzene rings is 3. The molecule has 0 amide bonds. The molecule has 178 valence electrons. The largest absolute Gasteiger partial charge is 0.309 e. The highest BCUT2D eigenvalue weighted by Gasteiger charge is 2.45. The molecule has 3 atom stereocenters. The van der Waals surface area contributed by atoms with Gasteiger partial charge in [0.25, 0.3) is 0 Å². The first-order chi connectivity index (χ1) is 16.4. The summed E-state index contributed by atoms with van der Waals surface area (Å²) >= 11 is 0. The molecule has 5 rings (SSSR count). The van der Waals surface area contributed by atoms with Crippen LogP contribution in [0, 0.1) is 5.92 Å². The smallest absolute Gasteiger partial charge is 0.240 e. The summed E-state index contributed by atoms with van der Waals surface area (Å²) in [7, 11) is -3.63. The molecule has 2 N–H and O–H groups in total. The maximum Gasteiger partial charge on any atom is 0.240 e. The van der Waals surface area contributed by atoms with E-state index in [1.54, 1.807) is 24.3 Å². The van der Waals surface area contributed by atoms with Crippen molar-refractivity contribution in [3.63, 3.8) is 0 Å². The van der Waals surface area contributed by atoms with E-state index in [1.165, 1.54) is 12.8 Å². The van der Waals surface area contributed by atoms with Crippen LogP contribution in [0.4, 0.5) is 0 Å². The van der Waals surface area contributed by atoms with Crippen molar-refractivity contribution in [3.05, 3.63) is 102 Å². The minimum atomic E-state index is -3.63. The quantitative estimate of drug-likeness (QED) is 0.468. The van der Waals surface area contributed by atoms with Crippen LogP contribution in [-0.2, 0) is 15.4 Å². The first-order valence-corrected chi connectivity index (χ1v) is 13.8. The predicted molar refractivity (Wildman–Crippen MR) is 137 cm³/mol. The molecule has 0 spiro atoms. The van der Waals surface area contributed by atoms with Crippen molar-refractivity contribution in [1.82, 2.24) is 10.0 Å². The SMILES string of the molecule is C[C@@]12CC[C@@H](C[C@@H](CC(CNS(=O)(=O)c3ccccc3)(c3ccccc3)c3ccccc3)C1)N2. The summed E-state index contributed by atoms with van der Waals surface area (Å²) in [5, 5.41) is 3.83. The second kappa shape index (κ2) is 9.29. The number of sulfonamides is 1. The molecule has 0 aliphatic carbocycles. The van der Waals surface area contributed by atoms with Crippen molar-refractivity contribution >= 4 is 10.0 Å². The van der Waals surface area contributed by atoms with E-state index in [2.05, 4.69) is 65.5 Å². The normalized spacial score (nSPS) is 24.7. The Balaban J connectivity index is 1.55. The molecule has 3 aromatic rings. The first-order valence-electron chi connectivity index (χ1n) is 12.3. The molecule has 0 aromatic heterocycles. The molecule has 2 bridgehead atoms. The van der Waals surface area contributed by atoms with Crippen molar-refractivity contribution in [1.29, 1.82) is 0 Å². The zero-order valence-corrected chi connectivity index (χ0v) is 20.6. The second-order valence-electron chi connectivity index (χ2n) is 10.4. The standard InChI is InChI=1S/C29H34N2O2S/c1-28-18-17-26(31-28)19-23(20-28)21-29(24-11-5-2-6-12-24,25-13-7-3-8-14-25)22-30-34(32,33)27-15-9-4-10-16-27/h2-16,23,26,30-31H,17-22H2,1H3/t23-,26+,28-/m1/s1. The molecule has 5 heteroatoms. The highest BCUT2D eigenvalue weighted by molar-refractivity contribution is 7.89. The lowest BCUT2D eigenvalue weighted by molar-refractivity contribution is 0.193. The molecule has 0 saturated carbocycles. The average Bonchev–Trinajstić information content (AvgIpc) is 3.15. The van der Waals surface area contributed by atoms with E-state index in [4.69, 9.17) is 0 Å². The van der Waals surface area contributed by atoms with Crippen LogP contribution in [0.5, 0.6) is 0 Å². The van der Waals surface area contributed by atoms with Gasteiger partial charge >= 0.3 is 0 Å². The Morgan fingerprint density at radius 1 is 0.912 bits per heavy atom. The van der Waals surface area contributed by atoms with Crippen LogP contribution in [0.1, 0.15) is 50.2 Å². The van der Waals surface area contributed by atoms with Gasteiger partial charge in [-0.05, 0) is 68.2 Å². The Morgan fingerprint density at radius 3 is 2.03 bits per heavy atom. The summed E-state index contributed by atoms with van der Waals surface area (Å²) in [6.07, 6.45) is 5.63. The van der Waals surface area contributed by atoms with E-state index in [9.17, 15) is 8.42 Å². The Labute approximate surface area is 203 Å². The van der Waals surface area contributed by atoms with Crippen LogP contribution in [0.15, 0.2) is 95.9 Å². The van der Waals surface area contributed by atoms with E-state index in [-0.39, 0.29) is 5.54 Å². The number of fused-ring (bicyclic) bond motifs is 2. The topological polar surface area (TPSA) is 58.2 Å². The highest BCUT2D eigenvalue weighted by atomic mass is 32.2. The second-order valence-corrected chi connectivity index (χ2v) is 12.2. The predicted octanol–water partition coefficient (Wildman–Crippen LogP) is 5.26. The maximum absolute atomic E-state index is 13.3. The zero-order chi connectivity index (χ0) is 23.7. The summed E-state index contributed by atoms with van der Waals surface area (Å²) in [4.78, 5) is 0.303. The van der Waals surface area contributed by atoms with Crippen LogP contribution < -0.4 is 10.0 Å². The number of piperidine rings is 1. The average molecular weight is 475 g/mol. The third-order valence-corrected chi connectivity index (χ3v) is 9.28. The summed E-state index contributed by atoms with van der Waals surface area (Å²) < 4.78 is 29.6. The Kier molecular flexibility index (Phi) is 6.36. The number of nitrogens with one attached hydrogen (secondary N) is 2. The maximum atomic E-state index is 13.3. The molecular weight excluding hydrogens is 440 g/mol. The van der Waals surface area contributed by atoms with E-state index in [0.717, 1.165) is 30.4 Å². The molecule has 2 aliphatic heterocycles. The van der Waals surface area contributed by atoms with Gasteiger partial charge in [-0.2, -0.15) is 0 Å². The van der Waals surface area contributed by atoms with Crippen molar-refractivity contribution in [3.8, 4) is 0 Å². The van der Waals surface area contributed by atoms with E-state index < -0.39 is 15.4 Å². The van der Waals surface area contributed by atoms with E-state index in [0.29, 0.717) is 23.4 Å². The van der Waals surface area contributed by atoms with Crippen molar-refractivity contribution in [2.45, 2.75) is 60.9 Å². The fourth-order valence-electron chi connectivity index (χ4n) is 6.33. The van der Waals surface area contributed by atoms with Gasteiger partial charge in [-0.15, -0.1) is 0 Å². The molecule has 2 saturated heterocycles. The molecule has 4 nitrogen and oxygen atoms in total. The van der Waals surface area contributed by atoms with Crippen LogP contribution in [0.2, 0.25) is 0 Å². The molecule has 0 radical (unpaired) electrons. The lowest BCUT2D eigenvalue weighted by Crippen LogP contribution is -2.50. The van der Waals surface area contributed by atoms with E-state index in [1.807, 2.05) is 18.2 Å². The van der Waals surface area contributed by atoms with Gasteiger partial charge in [0.15, 0.2) is 0 Å². The van der Waals surface area contributed by atoms with Gasteiger partial charge in [0.1, 0.15) is 0 Å². The Morgan fingerprint density at radius 2 is 1.47 bits per heavy atom. The summed E-state index contributed by atoms with van der Waals surface area (Å²) in [6, 6.07) is 30.2. The lowest BCUT2D eigenvalue weighted by atomic mass is 9.66. The van der Waals surface area contributed by atoms with E-state index >= 15 is 0 Å². The number of hydrogen-bond donors (Lipinski definition) is 2. The van der Waals surface area contributed by atoms with Crippen LogP contribution in [0.3, 0.4) is 0 Å². The third kappa shape index (κ3) is 4.70. The van der Waals surface area contributed by atoms with Gasteiger partial charge in [0.05, 0.1) is 4.90 Å². The van der Waals surface area contributed by atoms with Gasteiger partial charge in [-0.3, -0.25) is 0 Å². The van der Waals surface area contributed by atoms with Crippen molar-refractivity contribution < 1.29 is 8.42 Å². The Hall–Kier alpha value is -2.47. The number of hydrogen-bond acceptors (Lipinski definition) is 3. The first kappa shape index (κ1) is 23.3. The fourth-order valence-corrected chi connectivity index (χ4v) is 7.45. The molecule has 0 unspecified atom stereocenters. The summed E-state index contributed by atoms with van der Waals surface area (Å²) in [5.41, 5.74) is 2.05. The van der Waals surface area contributed by atoms with Crippen molar-refractivity contribution in [2.24, 2.45) is 5.92 Å². The third-order valence-electron chi connectivity index (χ3n) is 7.86. The van der Waals surface area contributed by atoms with Gasteiger partial charge in [-0.25, -0.2) is 13.1 Å². The highest BCUT2D eigenvalue weighted by Crippen LogP contribution is 2.46. The fraction of sp³-hybridized carbons (Fsp3) is 0.379. The van der Waals surface area contributed by atoms with Crippen LogP contribution >= 0.6 is 0 Å². The lowest BCUT2D eigenvalue weighted by Gasteiger charge is -2.43. The molecule has 2 heterocycles. The van der Waals surface area contributed by atoms with Gasteiger partial charge in [0, 0.05) is 23.5 Å². The van der Waals surface area contributed by atoms with Crippen LogP contribution in [0.25, 0.3) is 0 Å². The zero-order valence-electron chi connectivity index (χ0n) is 19.8. The Bertz CT molecular complexity index is 1160. The monoisotopic (exact) mass is 474 g/mol. The summed E-state index contributed by atoms with van der Waals surface area (Å²) in [5.74, 6) is 0.514. The summed E-state index contributed by atoms with van der Waals surface area (Å²) in [6.45, 7) is 2.67. The van der Waals surface area contributed by atoms with Crippen molar-refractivity contribution in [2.75, 3.05) is 6.54 Å². The molecule has 3 aromatic carbocycles. The van der Waals surface area contributed by atoms with Crippen LogP contribution in [-0.4, -0.2) is 26.5 Å². The molecule has 2 aliphatic rings. The molecule has 34 heavy (non-hydrogen) atoms. The van der Waals surface area contributed by atoms with Gasteiger partial charge < -0.3 is 5.32 Å². The minimum absolute atomic E-state index is 0.191.